The number of hydrogen-bond donors (Lipinski definition) is 2. The Balaban J connectivity index is 1.38. The van der Waals surface area contributed by atoms with Crippen LogP contribution in [0.1, 0.15) is 5.56 Å². The first-order valence-corrected chi connectivity index (χ1v) is 11.8. The van der Waals surface area contributed by atoms with Crippen LogP contribution >= 0.6 is 15.9 Å². The van der Waals surface area contributed by atoms with Gasteiger partial charge < -0.3 is 15.4 Å². The van der Waals surface area contributed by atoms with Gasteiger partial charge in [0.05, 0.1) is 10.9 Å². The number of hydrogen-bond acceptors (Lipinski definition) is 4. The van der Waals surface area contributed by atoms with Crippen LogP contribution in [0.4, 0.5) is 16.2 Å². The minimum Gasteiger partial charge on any atom is -0.438 e. The Kier molecular flexibility index (Phi) is 6.41. The fourth-order valence-corrected chi connectivity index (χ4v) is 3.84. The van der Waals surface area contributed by atoms with E-state index >= 15 is 0 Å². The summed E-state index contributed by atoms with van der Waals surface area (Å²) in [5.41, 5.74) is 4.06. The molecule has 0 spiro atoms. The van der Waals surface area contributed by atoms with Crippen LogP contribution < -0.4 is 15.4 Å². The summed E-state index contributed by atoms with van der Waals surface area (Å²) < 4.78 is 7.10. The zero-order chi connectivity index (χ0) is 24.2. The summed E-state index contributed by atoms with van der Waals surface area (Å²) in [7, 11) is 0. The number of halogens is 1. The zero-order valence-electron chi connectivity index (χ0n) is 18.8. The molecular formula is C28H21BrN4O2. The second-order valence-corrected chi connectivity index (χ2v) is 8.87. The van der Waals surface area contributed by atoms with Gasteiger partial charge in [-0.15, -0.1) is 0 Å². The monoisotopic (exact) mass is 524 g/mol. The van der Waals surface area contributed by atoms with Gasteiger partial charge >= 0.3 is 6.03 Å². The SMILES string of the molecule is Cc1cccc(Oc2nc(-c3ccc(NC(=O)Nc4ccc(Br)cc4)cc3)nc3ccccc23)c1. The minimum atomic E-state index is -0.323. The Labute approximate surface area is 211 Å². The number of amides is 2. The average Bonchev–Trinajstić information content (AvgIpc) is 2.86. The van der Waals surface area contributed by atoms with Gasteiger partial charge in [0, 0.05) is 21.4 Å². The molecule has 0 aliphatic heterocycles. The third kappa shape index (κ3) is 5.47. The normalized spacial score (nSPS) is 10.7. The largest absolute Gasteiger partial charge is 0.438 e. The van der Waals surface area contributed by atoms with Gasteiger partial charge in [-0.05, 0) is 85.3 Å². The summed E-state index contributed by atoms with van der Waals surface area (Å²) in [4.78, 5) is 21.8. The molecule has 0 saturated carbocycles. The topological polar surface area (TPSA) is 76.1 Å². The predicted octanol–water partition coefficient (Wildman–Crippen LogP) is 7.80. The van der Waals surface area contributed by atoms with E-state index in [4.69, 9.17) is 14.7 Å². The van der Waals surface area contributed by atoms with Crippen molar-refractivity contribution in [2.75, 3.05) is 10.6 Å². The lowest BCUT2D eigenvalue weighted by Crippen LogP contribution is -2.19. The van der Waals surface area contributed by atoms with Crippen molar-refractivity contribution in [2.24, 2.45) is 0 Å². The number of benzene rings is 4. The highest BCUT2D eigenvalue weighted by Gasteiger charge is 2.12. The molecule has 0 radical (unpaired) electrons. The lowest BCUT2D eigenvalue weighted by molar-refractivity contribution is 0.262. The number of carbonyl (C=O) groups is 1. The van der Waals surface area contributed by atoms with Crippen molar-refractivity contribution < 1.29 is 9.53 Å². The van der Waals surface area contributed by atoms with E-state index in [0.29, 0.717) is 23.1 Å². The summed E-state index contributed by atoms with van der Waals surface area (Å²) in [5, 5.41) is 6.48. The molecule has 0 aliphatic carbocycles. The maximum atomic E-state index is 12.3. The molecule has 0 bridgehead atoms. The van der Waals surface area contributed by atoms with Crippen LogP contribution in [0.3, 0.4) is 0 Å². The van der Waals surface area contributed by atoms with Gasteiger partial charge in [-0.25, -0.2) is 9.78 Å². The molecule has 1 heterocycles. The Morgan fingerprint density at radius 2 is 1.49 bits per heavy atom. The van der Waals surface area contributed by atoms with Crippen LogP contribution in [0.15, 0.2) is 102 Å². The molecule has 6 nitrogen and oxygen atoms in total. The third-order valence-corrected chi connectivity index (χ3v) is 5.80. The first kappa shape index (κ1) is 22.6. The summed E-state index contributed by atoms with van der Waals surface area (Å²) in [6.07, 6.45) is 0. The lowest BCUT2D eigenvalue weighted by atomic mass is 10.1. The van der Waals surface area contributed by atoms with Crippen LogP contribution in [0.25, 0.3) is 22.3 Å². The van der Waals surface area contributed by atoms with Gasteiger partial charge in [0.25, 0.3) is 0 Å². The standard InChI is InChI=1S/C28H21BrN4O2/c1-18-5-4-6-23(17-18)35-27-24-7-2-3-8-25(24)32-26(33-27)19-9-13-21(14-10-19)30-28(34)31-22-15-11-20(29)12-16-22/h2-17H,1H3,(H2,30,31,34). The summed E-state index contributed by atoms with van der Waals surface area (Å²) in [6, 6.07) is 30.0. The number of aryl methyl sites for hydroxylation is 1. The molecule has 0 saturated heterocycles. The number of ether oxygens (including phenoxy) is 1. The van der Waals surface area contributed by atoms with E-state index in [1.807, 2.05) is 104 Å². The van der Waals surface area contributed by atoms with E-state index in [2.05, 4.69) is 26.6 Å². The second kappa shape index (κ2) is 9.95. The Morgan fingerprint density at radius 1 is 0.800 bits per heavy atom. The van der Waals surface area contributed by atoms with Crippen molar-refractivity contribution in [3.8, 4) is 23.0 Å². The molecule has 35 heavy (non-hydrogen) atoms. The Morgan fingerprint density at radius 3 is 2.20 bits per heavy atom. The molecule has 172 valence electrons. The summed E-state index contributed by atoms with van der Waals surface area (Å²) in [6.45, 7) is 2.02. The molecule has 0 unspecified atom stereocenters. The molecule has 2 N–H and O–H groups in total. The maximum absolute atomic E-state index is 12.3. The summed E-state index contributed by atoms with van der Waals surface area (Å²) >= 11 is 3.38. The van der Waals surface area contributed by atoms with Crippen LogP contribution in [0.5, 0.6) is 11.6 Å². The van der Waals surface area contributed by atoms with Crippen molar-refractivity contribution in [1.82, 2.24) is 9.97 Å². The van der Waals surface area contributed by atoms with Crippen LogP contribution in [0, 0.1) is 6.92 Å². The molecule has 0 aliphatic rings. The molecule has 2 amide bonds. The van der Waals surface area contributed by atoms with Crippen LogP contribution in [0.2, 0.25) is 0 Å². The summed E-state index contributed by atoms with van der Waals surface area (Å²) in [5.74, 6) is 1.75. The van der Waals surface area contributed by atoms with Crippen molar-refractivity contribution in [1.29, 1.82) is 0 Å². The van der Waals surface area contributed by atoms with E-state index in [1.165, 1.54) is 0 Å². The van der Waals surface area contributed by atoms with Crippen molar-refractivity contribution >= 4 is 44.2 Å². The van der Waals surface area contributed by atoms with Gasteiger partial charge in [-0.3, -0.25) is 0 Å². The molecule has 5 rings (SSSR count). The minimum absolute atomic E-state index is 0.323. The van der Waals surface area contributed by atoms with E-state index in [0.717, 1.165) is 32.3 Å². The second-order valence-electron chi connectivity index (χ2n) is 7.95. The van der Waals surface area contributed by atoms with Crippen molar-refractivity contribution in [2.45, 2.75) is 6.92 Å². The number of aromatic nitrogens is 2. The van der Waals surface area contributed by atoms with Gasteiger partial charge in [-0.2, -0.15) is 4.98 Å². The quantitative estimate of drug-likeness (QED) is 0.246. The molecule has 1 aromatic heterocycles. The van der Waals surface area contributed by atoms with Gasteiger partial charge in [-0.1, -0.05) is 40.2 Å². The van der Waals surface area contributed by atoms with Gasteiger partial charge in [0.15, 0.2) is 5.82 Å². The van der Waals surface area contributed by atoms with Crippen LogP contribution in [-0.2, 0) is 0 Å². The number of anilines is 2. The maximum Gasteiger partial charge on any atom is 0.323 e. The first-order valence-electron chi connectivity index (χ1n) is 11.0. The van der Waals surface area contributed by atoms with E-state index in [9.17, 15) is 4.79 Å². The number of fused-ring (bicyclic) bond motifs is 1. The highest BCUT2D eigenvalue weighted by molar-refractivity contribution is 9.10. The fourth-order valence-electron chi connectivity index (χ4n) is 3.57. The van der Waals surface area contributed by atoms with E-state index in [1.54, 1.807) is 0 Å². The molecule has 0 atom stereocenters. The average molecular weight is 525 g/mol. The highest BCUT2D eigenvalue weighted by Crippen LogP contribution is 2.30. The first-order chi connectivity index (χ1) is 17.0. The Bertz CT molecular complexity index is 1500. The lowest BCUT2D eigenvalue weighted by Gasteiger charge is -2.11. The number of rotatable bonds is 5. The number of nitrogens with zero attached hydrogens (tertiary/aromatic N) is 2. The molecule has 7 heteroatoms. The molecule has 0 fully saturated rings. The zero-order valence-corrected chi connectivity index (χ0v) is 20.4. The van der Waals surface area contributed by atoms with E-state index in [-0.39, 0.29) is 6.03 Å². The Hall–Kier alpha value is -4.23. The fraction of sp³-hybridized carbons (Fsp3) is 0.0357. The number of carbonyl (C=O) groups excluding carboxylic acids is 1. The van der Waals surface area contributed by atoms with E-state index < -0.39 is 0 Å². The number of nitrogens with one attached hydrogen (secondary N) is 2. The number of urea groups is 1. The van der Waals surface area contributed by atoms with Crippen molar-refractivity contribution in [3.63, 3.8) is 0 Å². The molecular weight excluding hydrogens is 504 g/mol. The van der Waals surface area contributed by atoms with Gasteiger partial charge in [0.2, 0.25) is 5.88 Å². The molecule has 4 aromatic carbocycles. The number of para-hydroxylation sites is 1. The molecule has 5 aromatic rings. The van der Waals surface area contributed by atoms with Crippen molar-refractivity contribution in [3.05, 3.63) is 107 Å². The highest BCUT2D eigenvalue weighted by atomic mass is 79.9. The van der Waals surface area contributed by atoms with Gasteiger partial charge in [0.1, 0.15) is 5.75 Å². The predicted molar refractivity (Wildman–Crippen MR) is 143 cm³/mol. The third-order valence-electron chi connectivity index (χ3n) is 5.28. The van der Waals surface area contributed by atoms with Crippen LogP contribution in [-0.4, -0.2) is 16.0 Å². The smallest absolute Gasteiger partial charge is 0.323 e.